The van der Waals surface area contributed by atoms with Gasteiger partial charge in [0.05, 0.1) is 6.54 Å². The zero-order chi connectivity index (χ0) is 15.1. The first-order valence-corrected chi connectivity index (χ1v) is 7.69. The van der Waals surface area contributed by atoms with E-state index in [4.69, 9.17) is 4.52 Å². The molecule has 1 aliphatic heterocycles. The molecule has 1 aromatic heterocycles. The average Bonchev–Trinajstić information content (AvgIpc) is 2.96. The maximum absolute atomic E-state index is 12.0. The van der Waals surface area contributed by atoms with Crippen molar-refractivity contribution in [2.75, 3.05) is 39.8 Å². The molecule has 2 rings (SSSR count). The largest absolute Gasteiger partial charge is 0.340 e. The molecule has 0 radical (unpaired) electrons. The first-order chi connectivity index (χ1) is 10.2. The van der Waals surface area contributed by atoms with Gasteiger partial charge in [0.2, 0.25) is 11.8 Å². The molecule has 1 saturated heterocycles. The molecule has 0 bridgehead atoms. The number of rotatable bonds is 7. The van der Waals surface area contributed by atoms with Crippen molar-refractivity contribution in [3.05, 3.63) is 11.7 Å². The SMILES string of the molecule is CCc1nc(CN2CCN(C(=O)CCCNC)CC2)no1.Cl.Cl. The van der Waals surface area contributed by atoms with E-state index in [1.165, 1.54) is 0 Å². The summed E-state index contributed by atoms with van der Waals surface area (Å²) in [6.45, 7) is 6.90. The van der Waals surface area contributed by atoms with Crippen LogP contribution >= 0.6 is 24.8 Å². The summed E-state index contributed by atoms with van der Waals surface area (Å²) in [5, 5.41) is 7.04. The highest BCUT2D eigenvalue weighted by Gasteiger charge is 2.21. The Kier molecular flexibility index (Phi) is 11.2. The number of carbonyl (C=O) groups excluding carboxylic acids is 1. The maximum Gasteiger partial charge on any atom is 0.226 e. The summed E-state index contributed by atoms with van der Waals surface area (Å²) < 4.78 is 5.11. The van der Waals surface area contributed by atoms with Gasteiger partial charge in [0.1, 0.15) is 0 Å². The number of nitrogens with one attached hydrogen (secondary N) is 1. The Morgan fingerprint density at radius 2 is 1.96 bits per heavy atom. The van der Waals surface area contributed by atoms with Gasteiger partial charge < -0.3 is 14.7 Å². The number of aryl methyl sites for hydroxylation is 1. The highest BCUT2D eigenvalue weighted by Crippen LogP contribution is 2.08. The lowest BCUT2D eigenvalue weighted by molar-refractivity contribution is -0.133. The molecule has 9 heteroatoms. The van der Waals surface area contributed by atoms with Gasteiger partial charge in [-0.2, -0.15) is 4.98 Å². The molecule has 1 amide bonds. The van der Waals surface area contributed by atoms with Crippen LogP contribution in [0, 0.1) is 0 Å². The van der Waals surface area contributed by atoms with Crippen molar-refractivity contribution < 1.29 is 9.32 Å². The average molecular weight is 368 g/mol. The van der Waals surface area contributed by atoms with E-state index in [0.717, 1.165) is 51.4 Å². The van der Waals surface area contributed by atoms with Crippen LogP contribution in [0.1, 0.15) is 31.5 Å². The summed E-state index contributed by atoms with van der Waals surface area (Å²) in [4.78, 5) is 20.6. The highest BCUT2D eigenvalue weighted by molar-refractivity contribution is 5.85. The molecule has 134 valence electrons. The van der Waals surface area contributed by atoms with E-state index >= 15 is 0 Å². The van der Waals surface area contributed by atoms with Crippen LogP contribution < -0.4 is 5.32 Å². The van der Waals surface area contributed by atoms with Crippen molar-refractivity contribution >= 4 is 30.7 Å². The summed E-state index contributed by atoms with van der Waals surface area (Å²) >= 11 is 0. The number of carbonyl (C=O) groups is 1. The van der Waals surface area contributed by atoms with Crippen LogP contribution in [-0.4, -0.2) is 65.6 Å². The molecule has 1 N–H and O–H groups in total. The standard InChI is InChI=1S/C14H25N5O2.2ClH/c1-3-13-16-12(17-21-13)11-18-7-9-19(10-8-18)14(20)5-4-6-15-2;;/h15H,3-11H2,1-2H3;2*1H. The second kappa shape index (κ2) is 11.6. The van der Waals surface area contributed by atoms with E-state index in [1.54, 1.807) is 0 Å². The number of aromatic nitrogens is 2. The molecule has 0 atom stereocenters. The molecule has 0 unspecified atom stereocenters. The van der Waals surface area contributed by atoms with Gasteiger partial charge in [0.15, 0.2) is 5.82 Å². The fourth-order valence-electron chi connectivity index (χ4n) is 2.43. The van der Waals surface area contributed by atoms with Gasteiger partial charge in [-0.1, -0.05) is 12.1 Å². The lowest BCUT2D eigenvalue weighted by atomic mass is 10.2. The van der Waals surface area contributed by atoms with Crippen molar-refractivity contribution in [1.29, 1.82) is 0 Å². The van der Waals surface area contributed by atoms with Gasteiger partial charge >= 0.3 is 0 Å². The smallest absolute Gasteiger partial charge is 0.226 e. The quantitative estimate of drug-likeness (QED) is 0.727. The third-order valence-electron chi connectivity index (χ3n) is 3.72. The topological polar surface area (TPSA) is 74.5 Å². The van der Waals surface area contributed by atoms with Gasteiger partial charge in [-0.25, -0.2) is 0 Å². The molecule has 1 fully saturated rings. The first-order valence-electron chi connectivity index (χ1n) is 7.69. The number of hydrogen-bond acceptors (Lipinski definition) is 6. The Bertz CT molecular complexity index is 450. The molecule has 0 spiro atoms. The van der Waals surface area contributed by atoms with Crippen molar-refractivity contribution in [3.63, 3.8) is 0 Å². The molecular weight excluding hydrogens is 341 g/mol. The summed E-state index contributed by atoms with van der Waals surface area (Å²) in [5.74, 6) is 1.68. The monoisotopic (exact) mass is 367 g/mol. The van der Waals surface area contributed by atoms with E-state index in [9.17, 15) is 4.79 Å². The molecule has 23 heavy (non-hydrogen) atoms. The van der Waals surface area contributed by atoms with Crippen LogP contribution in [0.4, 0.5) is 0 Å². The van der Waals surface area contributed by atoms with Crippen LogP contribution in [0.2, 0.25) is 0 Å². The minimum absolute atomic E-state index is 0. The Hall–Kier alpha value is -0.890. The molecule has 0 saturated carbocycles. The lowest BCUT2D eigenvalue weighted by Gasteiger charge is -2.34. The molecule has 0 aromatic carbocycles. The third-order valence-corrected chi connectivity index (χ3v) is 3.72. The number of hydrogen-bond donors (Lipinski definition) is 1. The Morgan fingerprint density at radius 1 is 1.26 bits per heavy atom. The van der Waals surface area contributed by atoms with E-state index < -0.39 is 0 Å². The minimum atomic E-state index is 0. The van der Waals surface area contributed by atoms with E-state index in [2.05, 4.69) is 20.4 Å². The zero-order valence-corrected chi connectivity index (χ0v) is 15.4. The predicted octanol–water partition coefficient (Wildman–Crippen LogP) is 1.12. The predicted molar refractivity (Wildman–Crippen MR) is 93.2 cm³/mol. The van der Waals surface area contributed by atoms with Crippen molar-refractivity contribution in [1.82, 2.24) is 25.3 Å². The number of amides is 1. The van der Waals surface area contributed by atoms with Crippen LogP contribution in [0.3, 0.4) is 0 Å². The summed E-state index contributed by atoms with van der Waals surface area (Å²) in [6.07, 6.45) is 2.30. The minimum Gasteiger partial charge on any atom is -0.340 e. The van der Waals surface area contributed by atoms with E-state index in [0.29, 0.717) is 18.9 Å². The van der Waals surface area contributed by atoms with Crippen molar-refractivity contribution in [2.45, 2.75) is 32.7 Å². The molecule has 2 heterocycles. The van der Waals surface area contributed by atoms with Crippen LogP contribution in [0.25, 0.3) is 0 Å². The fourth-order valence-corrected chi connectivity index (χ4v) is 2.43. The van der Waals surface area contributed by atoms with Gasteiger partial charge in [-0.05, 0) is 20.0 Å². The van der Waals surface area contributed by atoms with Crippen LogP contribution in [-0.2, 0) is 17.8 Å². The molecule has 1 aliphatic rings. The second-order valence-corrected chi connectivity index (χ2v) is 5.32. The Morgan fingerprint density at radius 3 is 2.52 bits per heavy atom. The summed E-state index contributed by atoms with van der Waals surface area (Å²) in [6, 6.07) is 0. The number of nitrogens with zero attached hydrogens (tertiary/aromatic N) is 4. The summed E-state index contributed by atoms with van der Waals surface area (Å²) in [7, 11) is 1.91. The van der Waals surface area contributed by atoms with Gasteiger partial charge in [-0.15, -0.1) is 24.8 Å². The molecule has 0 aliphatic carbocycles. The zero-order valence-electron chi connectivity index (χ0n) is 13.8. The Balaban J connectivity index is 0.00000242. The van der Waals surface area contributed by atoms with Gasteiger partial charge in [0.25, 0.3) is 0 Å². The number of piperazine rings is 1. The lowest BCUT2D eigenvalue weighted by Crippen LogP contribution is -2.48. The first kappa shape index (κ1) is 22.1. The molecular formula is C14H27Cl2N5O2. The van der Waals surface area contributed by atoms with E-state index in [-0.39, 0.29) is 30.7 Å². The fraction of sp³-hybridized carbons (Fsp3) is 0.786. The van der Waals surface area contributed by atoms with Crippen LogP contribution in [0.15, 0.2) is 4.52 Å². The van der Waals surface area contributed by atoms with Gasteiger partial charge in [0, 0.05) is 39.0 Å². The highest BCUT2D eigenvalue weighted by atomic mass is 35.5. The van der Waals surface area contributed by atoms with E-state index in [1.807, 2.05) is 18.9 Å². The Labute approximate surface area is 150 Å². The van der Waals surface area contributed by atoms with Gasteiger partial charge in [-0.3, -0.25) is 9.69 Å². The third kappa shape index (κ3) is 7.03. The number of halogens is 2. The molecule has 1 aromatic rings. The molecule has 7 nitrogen and oxygen atoms in total. The normalized spacial score (nSPS) is 15.0. The second-order valence-electron chi connectivity index (χ2n) is 5.32. The van der Waals surface area contributed by atoms with Crippen LogP contribution in [0.5, 0.6) is 0 Å². The maximum atomic E-state index is 12.0. The van der Waals surface area contributed by atoms with Crippen molar-refractivity contribution in [2.24, 2.45) is 0 Å². The summed E-state index contributed by atoms with van der Waals surface area (Å²) in [5.41, 5.74) is 0. The van der Waals surface area contributed by atoms with Crippen molar-refractivity contribution in [3.8, 4) is 0 Å².